The molecule has 1 amide bonds. The van der Waals surface area contributed by atoms with E-state index in [2.05, 4.69) is 15.6 Å². The molecule has 1 atom stereocenters. The molecule has 3 rings (SSSR count). The zero-order valence-electron chi connectivity index (χ0n) is 20.6. The largest absolute Gasteiger partial charge is 0.463 e. The Bertz CT molecular complexity index is 1260. The molecular weight excluding hydrogens is 503 g/mol. The maximum Gasteiger partial charge on any atom is 0.336 e. The molecule has 0 fully saturated rings. The number of rotatable bonds is 11. The van der Waals surface area contributed by atoms with Crippen molar-refractivity contribution in [3.8, 4) is 11.1 Å². The third kappa shape index (κ3) is 7.94. The number of nitrogens with one attached hydrogen (secondary N) is 2. The molecule has 9 nitrogen and oxygen atoms in total. The van der Waals surface area contributed by atoms with Gasteiger partial charge in [-0.15, -0.1) is 0 Å². The lowest BCUT2D eigenvalue weighted by molar-refractivity contribution is -0.156. The molecule has 0 bridgehead atoms. The molecule has 2 aromatic carbocycles. The fourth-order valence-electron chi connectivity index (χ4n) is 3.33. The lowest BCUT2D eigenvalue weighted by Crippen LogP contribution is -2.47. The van der Waals surface area contributed by atoms with Crippen molar-refractivity contribution >= 4 is 29.3 Å². The van der Waals surface area contributed by atoms with E-state index in [1.165, 1.54) is 36.2 Å². The number of carbonyl (C=O) groups excluding carboxylic acids is 3. The molecule has 0 radical (unpaired) electrons. The van der Waals surface area contributed by atoms with Crippen LogP contribution in [0.2, 0.25) is 5.02 Å². The van der Waals surface area contributed by atoms with Crippen molar-refractivity contribution in [3.05, 3.63) is 76.3 Å². The minimum atomic E-state index is -1.53. The Labute approximate surface area is 218 Å². The Hall–Kier alpha value is -3.60. The Balaban J connectivity index is 1.77. The van der Waals surface area contributed by atoms with E-state index in [1.807, 2.05) is 13.8 Å². The monoisotopic (exact) mass is 530 g/mol. The highest BCUT2D eigenvalue weighted by atomic mass is 35.5. The lowest BCUT2D eigenvalue weighted by Gasteiger charge is -2.25. The van der Waals surface area contributed by atoms with Crippen molar-refractivity contribution in [2.24, 2.45) is 5.92 Å². The fourth-order valence-corrected chi connectivity index (χ4v) is 3.50. The molecule has 0 saturated carbocycles. The number of halogens is 2. The van der Waals surface area contributed by atoms with Crippen LogP contribution in [0.5, 0.6) is 0 Å². The topological polar surface area (TPSA) is 125 Å². The van der Waals surface area contributed by atoms with Crippen molar-refractivity contribution in [2.75, 3.05) is 13.2 Å². The predicted molar refractivity (Wildman–Crippen MR) is 135 cm³/mol. The van der Waals surface area contributed by atoms with Gasteiger partial charge in [0, 0.05) is 24.1 Å². The molecule has 0 unspecified atom stereocenters. The third-order valence-corrected chi connectivity index (χ3v) is 5.47. The second-order valence-corrected chi connectivity index (χ2v) is 9.34. The molecule has 0 aliphatic heterocycles. The van der Waals surface area contributed by atoms with Gasteiger partial charge in [-0.05, 0) is 41.3 Å². The fraction of sp³-hybridized carbons (Fsp3) is 0.308. The zero-order valence-corrected chi connectivity index (χ0v) is 21.4. The number of benzene rings is 2. The second kappa shape index (κ2) is 12.6. The highest BCUT2D eigenvalue weighted by Crippen LogP contribution is 2.26. The van der Waals surface area contributed by atoms with Crippen molar-refractivity contribution in [2.45, 2.75) is 33.4 Å². The summed E-state index contributed by atoms with van der Waals surface area (Å²) in [4.78, 5) is 36.5. The van der Waals surface area contributed by atoms with Crippen LogP contribution < -0.4 is 5.43 Å². The first kappa shape index (κ1) is 28.0. The summed E-state index contributed by atoms with van der Waals surface area (Å²) in [6.45, 7) is 5.01. The molecule has 0 spiro atoms. The number of carbonyl (C=O) groups is 3. The summed E-state index contributed by atoms with van der Waals surface area (Å²) in [5.41, 5.74) is 4.38. The second-order valence-electron chi connectivity index (χ2n) is 8.91. The van der Waals surface area contributed by atoms with Gasteiger partial charge < -0.3 is 9.84 Å². The molecule has 37 heavy (non-hydrogen) atoms. The number of nitrogens with zero attached hydrogens (tertiary/aromatic N) is 2. The maximum absolute atomic E-state index is 14.2. The van der Waals surface area contributed by atoms with Crippen LogP contribution in [0.25, 0.3) is 11.1 Å². The van der Waals surface area contributed by atoms with E-state index in [-0.39, 0.29) is 42.8 Å². The average molecular weight is 531 g/mol. The first-order chi connectivity index (χ1) is 17.5. The number of hydrazine groups is 1. The standard InChI is InChI=1S/C26H28ClFN4O5/c1-15(2)14-37-26(36)24(34)13-32(31-25(35)23-11-22(16(3)33)29-30-23)12-17-4-6-18(7-5-17)20-10-19(27)8-9-21(20)28/h4-11,15,24,34H,12-14H2,1-3H3,(H,29,30)(H,31,35)/t24-/m1/s1. The van der Waals surface area contributed by atoms with Crippen LogP contribution in [-0.2, 0) is 16.1 Å². The van der Waals surface area contributed by atoms with E-state index in [0.29, 0.717) is 21.7 Å². The quantitative estimate of drug-likeness (QED) is 0.196. The maximum atomic E-state index is 14.2. The average Bonchev–Trinajstić information content (AvgIpc) is 3.35. The number of hydrogen-bond acceptors (Lipinski definition) is 7. The number of aliphatic hydroxyl groups excluding tert-OH is 1. The summed E-state index contributed by atoms with van der Waals surface area (Å²) in [6, 6.07) is 12.4. The van der Waals surface area contributed by atoms with Gasteiger partial charge in [0.1, 0.15) is 17.2 Å². The van der Waals surface area contributed by atoms with Crippen LogP contribution >= 0.6 is 11.6 Å². The Morgan fingerprint density at radius 3 is 2.49 bits per heavy atom. The number of amides is 1. The normalized spacial score (nSPS) is 12.0. The van der Waals surface area contributed by atoms with Crippen LogP contribution in [-0.4, -0.2) is 57.2 Å². The van der Waals surface area contributed by atoms with Gasteiger partial charge in [-0.25, -0.2) is 14.2 Å². The molecule has 11 heteroatoms. The molecule has 0 saturated heterocycles. The van der Waals surface area contributed by atoms with Crippen molar-refractivity contribution < 1.29 is 28.6 Å². The summed E-state index contributed by atoms with van der Waals surface area (Å²) in [7, 11) is 0. The minimum Gasteiger partial charge on any atom is -0.463 e. The number of aromatic nitrogens is 2. The van der Waals surface area contributed by atoms with E-state index in [4.69, 9.17) is 16.3 Å². The number of esters is 1. The summed E-state index contributed by atoms with van der Waals surface area (Å²) in [5, 5.41) is 18.4. The lowest BCUT2D eigenvalue weighted by atomic mass is 10.0. The molecular formula is C26H28ClFN4O5. The molecule has 3 N–H and O–H groups in total. The summed E-state index contributed by atoms with van der Waals surface area (Å²) >= 11 is 6.00. The summed E-state index contributed by atoms with van der Waals surface area (Å²) < 4.78 is 19.3. The summed E-state index contributed by atoms with van der Waals surface area (Å²) in [6.07, 6.45) is -1.53. The van der Waals surface area contributed by atoms with Crippen LogP contribution in [0.1, 0.15) is 47.3 Å². The van der Waals surface area contributed by atoms with Gasteiger partial charge >= 0.3 is 5.97 Å². The molecule has 0 aliphatic carbocycles. The molecule has 196 valence electrons. The Kier molecular flexibility index (Phi) is 9.51. The highest BCUT2D eigenvalue weighted by Gasteiger charge is 2.23. The number of ketones is 1. The van der Waals surface area contributed by atoms with Gasteiger partial charge in [-0.2, -0.15) is 5.10 Å². The van der Waals surface area contributed by atoms with Crippen LogP contribution in [0.3, 0.4) is 0 Å². The van der Waals surface area contributed by atoms with E-state index in [9.17, 15) is 23.9 Å². The zero-order chi connectivity index (χ0) is 27.1. The van der Waals surface area contributed by atoms with E-state index < -0.39 is 23.8 Å². The first-order valence-corrected chi connectivity index (χ1v) is 11.9. The van der Waals surface area contributed by atoms with Gasteiger partial charge in [0.2, 0.25) is 0 Å². The predicted octanol–water partition coefficient (Wildman–Crippen LogP) is 3.78. The Morgan fingerprint density at radius 1 is 1.16 bits per heavy atom. The van der Waals surface area contributed by atoms with Crippen molar-refractivity contribution in [1.82, 2.24) is 20.6 Å². The minimum absolute atomic E-state index is 0.0267. The SMILES string of the molecule is CC(=O)c1cc(C(=O)NN(Cc2ccc(-c3cc(Cl)ccc3F)cc2)C[C@@H](O)C(=O)OCC(C)C)[nH]n1. The van der Waals surface area contributed by atoms with Gasteiger partial charge in [-0.3, -0.25) is 20.1 Å². The van der Waals surface area contributed by atoms with E-state index >= 15 is 0 Å². The third-order valence-electron chi connectivity index (χ3n) is 5.23. The number of hydrogen-bond donors (Lipinski definition) is 3. The van der Waals surface area contributed by atoms with Crippen LogP contribution in [0, 0.1) is 11.7 Å². The number of aliphatic hydroxyl groups is 1. The first-order valence-electron chi connectivity index (χ1n) is 11.5. The smallest absolute Gasteiger partial charge is 0.336 e. The Morgan fingerprint density at radius 2 is 1.86 bits per heavy atom. The van der Waals surface area contributed by atoms with Crippen LogP contribution in [0.4, 0.5) is 4.39 Å². The van der Waals surface area contributed by atoms with Gasteiger partial charge in [0.25, 0.3) is 5.91 Å². The number of ether oxygens (including phenoxy) is 1. The molecule has 1 aromatic heterocycles. The number of aromatic amines is 1. The van der Waals surface area contributed by atoms with E-state index in [0.717, 1.165) is 0 Å². The van der Waals surface area contributed by atoms with E-state index in [1.54, 1.807) is 24.3 Å². The molecule has 0 aliphatic rings. The molecule has 1 heterocycles. The molecule has 3 aromatic rings. The number of Topliss-reactive ketones (excluding diaryl/α,β-unsaturated/α-hetero) is 1. The van der Waals surface area contributed by atoms with Crippen molar-refractivity contribution in [3.63, 3.8) is 0 Å². The van der Waals surface area contributed by atoms with Gasteiger partial charge in [-0.1, -0.05) is 49.7 Å². The number of H-pyrrole nitrogens is 1. The van der Waals surface area contributed by atoms with Crippen molar-refractivity contribution in [1.29, 1.82) is 0 Å². The highest BCUT2D eigenvalue weighted by molar-refractivity contribution is 6.30. The van der Waals surface area contributed by atoms with Crippen LogP contribution in [0.15, 0.2) is 48.5 Å². The van der Waals surface area contributed by atoms with Gasteiger partial charge in [0.05, 0.1) is 13.2 Å². The van der Waals surface area contributed by atoms with Gasteiger partial charge in [0.15, 0.2) is 11.9 Å². The summed E-state index contributed by atoms with van der Waals surface area (Å²) in [5.74, 6) is -2.09.